The van der Waals surface area contributed by atoms with Gasteiger partial charge in [0.15, 0.2) is 9.84 Å². The van der Waals surface area contributed by atoms with Crippen molar-refractivity contribution in [2.45, 2.75) is 10.1 Å². The van der Waals surface area contributed by atoms with Crippen molar-refractivity contribution in [1.29, 1.82) is 0 Å². The van der Waals surface area contributed by atoms with Crippen molar-refractivity contribution in [3.8, 4) is 0 Å². The maximum atomic E-state index is 13.1. The Balaban J connectivity index is 2.27. The van der Waals surface area contributed by atoms with Gasteiger partial charge in [0.25, 0.3) is 0 Å². The molecular formula is C18H18ClN3O4S. The van der Waals surface area contributed by atoms with Crippen molar-refractivity contribution >= 4 is 33.3 Å². The van der Waals surface area contributed by atoms with Gasteiger partial charge < -0.3 is 10.6 Å². The Morgan fingerprint density at radius 2 is 1.81 bits per heavy atom. The van der Waals surface area contributed by atoms with Crippen molar-refractivity contribution in [2.75, 3.05) is 13.1 Å². The average molecular weight is 408 g/mol. The second-order valence-corrected chi connectivity index (χ2v) is 8.05. The highest BCUT2D eigenvalue weighted by molar-refractivity contribution is 7.91. The van der Waals surface area contributed by atoms with Gasteiger partial charge in [0, 0.05) is 30.5 Å². The SMILES string of the molecule is C=CCNC(=O)C(=O)NC[C@H](c1cccnc1)S(=O)(=O)c1ccc(Cl)cc1. The number of sulfone groups is 1. The lowest BCUT2D eigenvalue weighted by atomic mass is 10.2. The summed E-state index contributed by atoms with van der Waals surface area (Å²) in [7, 11) is -3.87. The van der Waals surface area contributed by atoms with Crippen molar-refractivity contribution in [1.82, 2.24) is 15.6 Å². The number of carbonyl (C=O) groups excluding carboxylic acids is 2. The van der Waals surface area contributed by atoms with Crippen LogP contribution in [0.5, 0.6) is 0 Å². The maximum Gasteiger partial charge on any atom is 0.309 e. The fourth-order valence-electron chi connectivity index (χ4n) is 2.27. The molecule has 0 spiro atoms. The summed E-state index contributed by atoms with van der Waals surface area (Å²) < 4.78 is 26.1. The Morgan fingerprint density at radius 1 is 1.15 bits per heavy atom. The minimum Gasteiger partial charge on any atom is -0.346 e. The number of nitrogens with zero attached hydrogens (tertiary/aromatic N) is 1. The van der Waals surface area contributed by atoms with E-state index in [1.807, 2.05) is 0 Å². The third-order valence-electron chi connectivity index (χ3n) is 3.63. The Bertz CT molecular complexity index is 915. The molecule has 0 unspecified atom stereocenters. The van der Waals surface area contributed by atoms with Crippen LogP contribution in [-0.2, 0) is 19.4 Å². The van der Waals surface area contributed by atoms with Gasteiger partial charge >= 0.3 is 11.8 Å². The molecule has 0 radical (unpaired) electrons. The molecule has 2 N–H and O–H groups in total. The molecule has 0 bridgehead atoms. The van der Waals surface area contributed by atoms with E-state index >= 15 is 0 Å². The van der Waals surface area contributed by atoms with Crippen LogP contribution in [0.3, 0.4) is 0 Å². The zero-order chi connectivity index (χ0) is 19.9. The lowest BCUT2D eigenvalue weighted by molar-refractivity contribution is -0.139. The summed E-state index contributed by atoms with van der Waals surface area (Å²) in [5.41, 5.74) is 0.388. The highest BCUT2D eigenvalue weighted by Gasteiger charge is 2.30. The predicted octanol–water partition coefficient (Wildman–Crippen LogP) is 1.67. The molecule has 9 heteroatoms. The first kappa shape index (κ1) is 20.6. The van der Waals surface area contributed by atoms with Gasteiger partial charge in [-0.3, -0.25) is 14.6 Å². The van der Waals surface area contributed by atoms with E-state index in [2.05, 4.69) is 22.2 Å². The van der Waals surface area contributed by atoms with Crippen molar-refractivity contribution in [2.24, 2.45) is 0 Å². The quantitative estimate of drug-likeness (QED) is 0.536. The highest BCUT2D eigenvalue weighted by atomic mass is 35.5. The van der Waals surface area contributed by atoms with Gasteiger partial charge in [0.1, 0.15) is 5.25 Å². The van der Waals surface area contributed by atoms with Gasteiger partial charge in [-0.1, -0.05) is 23.7 Å². The molecule has 0 saturated heterocycles. The molecular weight excluding hydrogens is 390 g/mol. The molecule has 0 aliphatic carbocycles. The van der Waals surface area contributed by atoms with E-state index in [1.165, 1.54) is 42.7 Å². The maximum absolute atomic E-state index is 13.1. The second kappa shape index (κ2) is 9.29. The lowest BCUT2D eigenvalue weighted by Crippen LogP contribution is -2.42. The summed E-state index contributed by atoms with van der Waals surface area (Å²) in [6.07, 6.45) is 4.34. The van der Waals surface area contributed by atoms with Crippen LogP contribution in [0.25, 0.3) is 0 Å². The van der Waals surface area contributed by atoms with E-state index in [0.717, 1.165) is 0 Å². The molecule has 0 fully saturated rings. The van der Waals surface area contributed by atoms with Gasteiger partial charge in [-0.2, -0.15) is 0 Å². The summed E-state index contributed by atoms with van der Waals surface area (Å²) in [6, 6.07) is 8.90. The number of halogens is 1. The normalized spacial score (nSPS) is 12.0. The van der Waals surface area contributed by atoms with Gasteiger partial charge in [0.05, 0.1) is 4.90 Å². The minimum atomic E-state index is -3.87. The molecule has 2 aromatic rings. The molecule has 0 aliphatic heterocycles. The minimum absolute atomic E-state index is 0.0473. The van der Waals surface area contributed by atoms with Crippen LogP contribution in [-0.4, -0.2) is 38.3 Å². The predicted molar refractivity (Wildman–Crippen MR) is 102 cm³/mol. The summed E-state index contributed by atoms with van der Waals surface area (Å²) >= 11 is 5.82. The topological polar surface area (TPSA) is 105 Å². The summed E-state index contributed by atoms with van der Waals surface area (Å²) in [5, 5.41) is 3.97. The van der Waals surface area contributed by atoms with Gasteiger partial charge in [-0.25, -0.2) is 8.42 Å². The second-order valence-electron chi connectivity index (χ2n) is 5.48. The summed E-state index contributed by atoms with van der Waals surface area (Å²) in [6.45, 7) is 3.27. The molecule has 142 valence electrons. The van der Waals surface area contributed by atoms with Crippen LogP contribution in [0.15, 0.2) is 66.3 Å². The molecule has 7 nitrogen and oxygen atoms in total. The van der Waals surface area contributed by atoms with Crippen LogP contribution >= 0.6 is 11.6 Å². The molecule has 2 amide bonds. The van der Waals surface area contributed by atoms with E-state index in [1.54, 1.807) is 12.1 Å². The third kappa shape index (κ3) is 5.38. The number of rotatable bonds is 7. The van der Waals surface area contributed by atoms with Gasteiger partial charge in [-0.15, -0.1) is 6.58 Å². The van der Waals surface area contributed by atoms with Crippen molar-refractivity contribution in [3.63, 3.8) is 0 Å². The van der Waals surface area contributed by atoms with Crippen LogP contribution in [0.2, 0.25) is 5.02 Å². The fraction of sp³-hybridized carbons (Fsp3) is 0.167. The average Bonchev–Trinajstić information content (AvgIpc) is 2.67. The van der Waals surface area contributed by atoms with E-state index < -0.39 is 26.9 Å². The Morgan fingerprint density at radius 3 is 2.41 bits per heavy atom. The monoisotopic (exact) mass is 407 g/mol. The van der Waals surface area contributed by atoms with E-state index in [0.29, 0.717) is 10.6 Å². The van der Waals surface area contributed by atoms with E-state index in [9.17, 15) is 18.0 Å². The molecule has 0 aliphatic rings. The number of hydrogen-bond donors (Lipinski definition) is 2. The van der Waals surface area contributed by atoms with Crippen molar-refractivity contribution in [3.05, 3.63) is 72.0 Å². The molecule has 1 aromatic carbocycles. The zero-order valence-electron chi connectivity index (χ0n) is 14.3. The number of benzene rings is 1. The number of hydrogen-bond acceptors (Lipinski definition) is 5. The summed E-state index contributed by atoms with van der Waals surface area (Å²) in [5.74, 6) is -1.80. The molecule has 1 aromatic heterocycles. The first-order valence-electron chi connectivity index (χ1n) is 7.92. The Kier molecular flexibility index (Phi) is 7.09. The highest BCUT2D eigenvalue weighted by Crippen LogP contribution is 2.28. The van der Waals surface area contributed by atoms with Gasteiger partial charge in [0.2, 0.25) is 0 Å². The number of amides is 2. The Hall–Kier alpha value is -2.71. The standard InChI is InChI=1S/C18H18ClN3O4S/c1-2-9-21-17(23)18(24)22-12-16(13-4-3-10-20-11-13)27(25,26)15-7-5-14(19)6-8-15/h2-8,10-11,16H,1,9,12H2,(H,21,23)(H,22,24)/t16-/m1/s1. The first-order chi connectivity index (χ1) is 12.9. The summed E-state index contributed by atoms with van der Waals surface area (Å²) in [4.78, 5) is 27.6. The number of carbonyl (C=O) groups is 2. The number of nitrogens with one attached hydrogen (secondary N) is 2. The smallest absolute Gasteiger partial charge is 0.309 e. The largest absolute Gasteiger partial charge is 0.346 e. The van der Waals surface area contributed by atoms with Crippen LogP contribution in [0, 0.1) is 0 Å². The Labute approximate surface area is 162 Å². The molecule has 27 heavy (non-hydrogen) atoms. The number of aromatic nitrogens is 1. The fourth-order valence-corrected chi connectivity index (χ4v) is 4.04. The lowest BCUT2D eigenvalue weighted by Gasteiger charge is -2.18. The van der Waals surface area contributed by atoms with E-state index in [4.69, 9.17) is 11.6 Å². The van der Waals surface area contributed by atoms with E-state index in [-0.39, 0.29) is 18.0 Å². The van der Waals surface area contributed by atoms with Gasteiger partial charge in [-0.05, 0) is 35.9 Å². The van der Waals surface area contributed by atoms with Crippen LogP contribution < -0.4 is 10.6 Å². The first-order valence-corrected chi connectivity index (χ1v) is 9.85. The molecule has 0 saturated carbocycles. The van der Waals surface area contributed by atoms with Crippen molar-refractivity contribution < 1.29 is 18.0 Å². The zero-order valence-corrected chi connectivity index (χ0v) is 15.8. The molecule has 2 rings (SSSR count). The van der Waals surface area contributed by atoms with Crippen LogP contribution in [0.4, 0.5) is 0 Å². The molecule has 1 heterocycles. The number of pyridine rings is 1. The third-order valence-corrected chi connectivity index (χ3v) is 6.00. The van der Waals surface area contributed by atoms with Crippen LogP contribution in [0.1, 0.15) is 10.8 Å². The molecule has 1 atom stereocenters.